The van der Waals surface area contributed by atoms with E-state index in [-0.39, 0.29) is 24.4 Å². The smallest absolute Gasteiger partial charge is 0.242 e. The first-order chi connectivity index (χ1) is 12.5. The quantitative estimate of drug-likeness (QED) is 0.729. The van der Waals surface area contributed by atoms with E-state index in [0.717, 1.165) is 17.5 Å². The molecule has 0 atom stereocenters. The third kappa shape index (κ3) is 6.03. The molecular formula is C22H28N2O2. The summed E-state index contributed by atoms with van der Waals surface area (Å²) in [6.45, 7) is 6.75. The molecule has 0 radical (unpaired) electrons. The van der Waals surface area contributed by atoms with Gasteiger partial charge in [-0.1, -0.05) is 60.7 Å². The van der Waals surface area contributed by atoms with Crippen molar-refractivity contribution in [2.24, 2.45) is 0 Å². The molecule has 2 rings (SSSR count). The fraction of sp³-hybridized carbons (Fsp3) is 0.364. The van der Waals surface area contributed by atoms with E-state index in [0.29, 0.717) is 13.1 Å². The van der Waals surface area contributed by atoms with E-state index in [9.17, 15) is 9.59 Å². The second-order valence-corrected chi connectivity index (χ2v) is 6.78. The van der Waals surface area contributed by atoms with Gasteiger partial charge >= 0.3 is 0 Å². The van der Waals surface area contributed by atoms with Crippen molar-refractivity contribution in [1.82, 2.24) is 9.80 Å². The summed E-state index contributed by atoms with van der Waals surface area (Å²) in [5, 5.41) is 0. The first kappa shape index (κ1) is 19.7. The van der Waals surface area contributed by atoms with Crippen LogP contribution in [0.2, 0.25) is 0 Å². The average Bonchev–Trinajstić information content (AvgIpc) is 2.64. The Morgan fingerprint density at radius 1 is 0.885 bits per heavy atom. The molecule has 138 valence electrons. The van der Waals surface area contributed by atoms with Crippen molar-refractivity contribution in [3.8, 4) is 0 Å². The Morgan fingerprint density at radius 2 is 1.42 bits per heavy atom. The summed E-state index contributed by atoms with van der Waals surface area (Å²) in [5.41, 5.74) is 2.25. The van der Waals surface area contributed by atoms with E-state index in [1.807, 2.05) is 79.4 Å². The summed E-state index contributed by atoms with van der Waals surface area (Å²) >= 11 is 0. The molecule has 0 fully saturated rings. The number of rotatable bonds is 8. The van der Waals surface area contributed by atoms with Crippen molar-refractivity contribution in [2.45, 2.75) is 39.8 Å². The van der Waals surface area contributed by atoms with Crippen molar-refractivity contribution in [3.05, 3.63) is 71.8 Å². The fourth-order valence-corrected chi connectivity index (χ4v) is 2.85. The lowest BCUT2D eigenvalue weighted by Gasteiger charge is -2.30. The Labute approximate surface area is 156 Å². The molecular weight excluding hydrogens is 324 g/mol. The third-order valence-electron chi connectivity index (χ3n) is 4.42. The Balaban J connectivity index is 2.00. The van der Waals surface area contributed by atoms with Crippen molar-refractivity contribution >= 4 is 11.8 Å². The van der Waals surface area contributed by atoms with Crippen LogP contribution in [0, 0.1) is 0 Å². The molecule has 2 amide bonds. The summed E-state index contributed by atoms with van der Waals surface area (Å²) in [6.07, 6.45) is 0.744. The summed E-state index contributed by atoms with van der Waals surface area (Å²) in [7, 11) is 0. The fourth-order valence-electron chi connectivity index (χ4n) is 2.85. The Hall–Kier alpha value is -2.62. The highest BCUT2D eigenvalue weighted by Gasteiger charge is 2.21. The maximum atomic E-state index is 12.8. The number of carbonyl (C=O) groups excluding carboxylic acids is 2. The van der Waals surface area contributed by atoms with Gasteiger partial charge in [-0.05, 0) is 31.4 Å². The lowest BCUT2D eigenvalue weighted by molar-refractivity contribution is -0.141. The van der Waals surface area contributed by atoms with Gasteiger partial charge in [0.05, 0.1) is 6.54 Å². The molecule has 26 heavy (non-hydrogen) atoms. The van der Waals surface area contributed by atoms with E-state index >= 15 is 0 Å². The van der Waals surface area contributed by atoms with Crippen LogP contribution in [0.25, 0.3) is 0 Å². The topological polar surface area (TPSA) is 40.6 Å². The van der Waals surface area contributed by atoms with E-state index in [4.69, 9.17) is 0 Å². The van der Waals surface area contributed by atoms with E-state index < -0.39 is 0 Å². The zero-order valence-corrected chi connectivity index (χ0v) is 15.9. The maximum Gasteiger partial charge on any atom is 0.242 e. The highest BCUT2D eigenvalue weighted by Crippen LogP contribution is 2.10. The van der Waals surface area contributed by atoms with Gasteiger partial charge in [0.2, 0.25) is 11.8 Å². The number of amides is 2. The monoisotopic (exact) mass is 352 g/mol. The Bertz CT molecular complexity index is 699. The van der Waals surface area contributed by atoms with E-state index in [1.165, 1.54) is 6.92 Å². The summed E-state index contributed by atoms with van der Waals surface area (Å²) < 4.78 is 0. The molecule has 0 saturated carbocycles. The maximum absolute atomic E-state index is 12.8. The second-order valence-electron chi connectivity index (χ2n) is 6.78. The van der Waals surface area contributed by atoms with Crippen molar-refractivity contribution in [2.75, 3.05) is 13.1 Å². The predicted octanol–water partition coefficient (Wildman–Crippen LogP) is 3.51. The van der Waals surface area contributed by atoms with Crippen LogP contribution in [0.1, 0.15) is 31.9 Å². The van der Waals surface area contributed by atoms with Crippen molar-refractivity contribution in [3.63, 3.8) is 0 Å². The van der Waals surface area contributed by atoms with E-state index in [2.05, 4.69) is 0 Å². The predicted molar refractivity (Wildman–Crippen MR) is 105 cm³/mol. The number of hydrogen-bond donors (Lipinski definition) is 0. The molecule has 0 aliphatic heterocycles. The number of benzene rings is 2. The number of nitrogens with zero attached hydrogens (tertiary/aromatic N) is 2. The van der Waals surface area contributed by atoms with Crippen LogP contribution in [0.15, 0.2) is 60.7 Å². The van der Waals surface area contributed by atoms with Crippen molar-refractivity contribution < 1.29 is 9.59 Å². The van der Waals surface area contributed by atoms with Gasteiger partial charge < -0.3 is 9.80 Å². The van der Waals surface area contributed by atoms with Crippen LogP contribution < -0.4 is 0 Å². The van der Waals surface area contributed by atoms with Gasteiger partial charge in [0.15, 0.2) is 0 Å². The van der Waals surface area contributed by atoms with Gasteiger partial charge in [0.1, 0.15) is 0 Å². The zero-order valence-electron chi connectivity index (χ0n) is 15.9. The van der Waals surface area contributed by atoms with Crippen LogP contribution >= 0.6 is 0 Å². The van der Waals surface area contributed by atoms with Gasteiger partial charge in [0, 0.05) is 26.1 Å². The summed E-state index contributed by atoms with van der Waals surface area (Å²) in [6, 6.07) is 20.0. The molecule has 0 aliphatic rings. The number of hydrogen-bond acceptors (Lipinski definition) is 2. The minimum absolute atomic E-state index is 0.0212. The summed E-state index contributed by atoms with van der Waals surface area (Å²) in [4.78, 5) is 28.3. The molecule has 0 aliphatic carbocycles. The van der Waals surface area contributed by atoms with Gasteiger partial charge in [-0.25, -0.2) is 0 Å². The first-order valence-corrected chi connectivity index (χ1v) is 9.10. The number of carbonyl (C=O) groups is 2. The van der Waals surface area contributed by atoms with Gasteiger partial charge in [-0.15, -0.1) is 0 Å². The molecule has 0 heterocycles. The minimum Gasteiger partial charge on any atom is -0.334 e. The zero-order chi connectivity index (χ0) is 18.9. The van der Waals surface area contributed by atoms with Crippen LogP contribution in [0.4, 0.5) is 0 Å². The molecule has 0 aromatic heterocycles. The lowest BCUT2D eigenvalue weighted by Crippen LogP contribution is -2.45. The van der Waals surface area contributed by atoms with Gasteiger partial charge in [-0.2, -0.15) is 0 Å². The average molecular weight is 352 g/mol. The highest BCUT2D eigenvalue weighted by atomic mass is 16.2. The van der Waals surface area contributed by atoms with Crippen molar-refractivity contribution in [1.29, 1.82) is 0 Å². The Morgan fingerprint density at radius 3 is 1.92 bits per heavy atom. The molecule has 0 bridgehead atoms. The normalized spacial score (nSPS) is 10.6. The highest BCUT2D eigenvalue weighted by molar-refractivity contribution is 5.84. The van der Waals surface area contributed by atoms with Crippen LogP contribution in [0.3, 0.4) is 0 Å². The second kappa shape index (κ2) is 9.76. The first-order valence-electron chi connectivity index (χ1n) is 9.10. The molecule has 2 aromatic rings. The largest absolute Gasteiger partial charge is 0.334 e. The molecule has 0 saturated heterocycles. The molecule has 4 heteroatoms. The summed E-state index contributed by atoms with van der Waals surface area (Å²) in [5.74, 6) is -0.0928. The van der Waals surface area contributed by atoms with Crippen LogP contribution in [-0.4, -0.2) is 40.7 Å². The SMILES string of the molecule is CC(=O)N(CCc1ccccc1)CC(=O)N(Cc1ccccc1)C(C)C. The molecule has 0 unspecified atom stereocenters. The standard InChI is InChI=1S/C22H28N2O2/c1-18(2)24(16-21-12-8-5-9-13-21)22(26)17-23(19(3)25)15-14-20-10-6-4-7-11-20/h4-13,18H,14-17H2,1-3H3. The minimum atomic E-state index is -0.0716. The molecule has 4 nitrogen and oxygen atoms in total. The molecule has 2 aromatic carbocycles. The Kier molecular flexibility index (Phi) is 7.39. The van der Waals surface area contributed by atoms with E-state index in [1.54, 1.807) is 4.90 Å². The lowest BCUT2D eigenvalue weighted by atomic mass is 10.1. The van der Waals surface area contributed by atoms with Crippen LogP contribution in [0.5, 0.6) is 0 Å². The molecule has 0 spiro atoms. The molecule has 0 N–H and O–H groups in total. The van der Waals surface area contributed by atoms with Crippen LogP contribution in [-0.2, 0) is 22.6 Å². The van der Waals surface area contributed by atoms with Gasteiger partial charge in [0.25, 0.3) is 0 Å². The third-order valence-corrected chi connectivity index (χ3v) is 4.42. The van der Waals surface area contributed by atoms with Gasteiger partial charge in [-0.3, -0.25) is 9.59 Å².